The molecule has 0 saturated heterocycles. The number of para-hydroxylation sites is 1. The van der Waals surface area contributed by atoms with Crippen LogP contribution in [0.5, 0.6) is 0 Å². The molecule has 7 nitrogen and oxygen atoms in total. The Morgan fingerprint density at radius 3 is 2.64 bits per heavy atom. The molecule has 1 N–H and O–H groups in total. The van der Waals surface area contributed by atoms with Crippen LogP contribution in [0.25, 0.3) is 16.4 Å². The van der Waals surface area contributed by atoms with Crippen molar-refractivity contribution in [1.82, 2.24) is 19.7 Å². The summed E-state index contributed by atoms with van der Waals surface area (Å²) in [5, 5.41) is 14.4. The normalized spacial score (nSPS) is 10.9. The van der Waals surface area contributed by atoms with E-state index in [4.69, 9.17) is 4.42 Å². The lowest BCUT2D eigenvalue weighted by molar-refractivity contribution is 0.102. The fraction of sp³-hybridized carbons (Fsp3) is 0.0833. The van der Waals surface area contributed by atoms with Gasteiger partial charge in [-0.2, -0.15) is 0 Å². The van der Waals surface area contributed by atoms with E-state index < -0.39 is 0 Å². The topological polar surface area (TPSA) is 85.8 Å². The standard InChI is InChI=1S/C24H19N5O2S2/c1-16-9-11-17(12-10-16)25-23(30)19-14-31-21(26-19)15-33-24-28-27-22(20-8-5-13-32-20)29(24)18-6-3-2-4-7-18/h2-14H,15H2,1H3,(H,25,30). The van der Waals surface area contributed by atoms with Crippen molar-refractivity contribution < 1.29 is 9.21 Å². The highest BCUT2D eigenvalue weighted by molar-refractivity contribution is 7.98. The highest BCUT2D eigenvalue weighted by atomic mass is 32.2. The third kappa shape index (κ3) is 4.74. The van der Waals surface area contributed by atoms with Crippen LogP contribution in [-0.2, 0) is 5.75 Å². The second-order valence-electron chi connectivity index (χ2n) is 7.19. The van der Waals surface area contributed by atoms with Gasteiger partial charge >= 0.3 is 0 Å². The van der Waals surface area contributed by atoms with E-state index in [1.165, 1.54) is 18.0 Å². The number of aromatic nitrogens is 4. The Labute approximate surface area is 198 Å². The molecule has 0 bridgehead atoms. The number of hydrogen-bond acceptors (Lipinski definition) is 7. The number of amides is 1. The lowest BCUT2D eigenvalue weighted by atomic mass is 10.2. The molecule has 0 fully saturated rings. The molecule has 2 aromatic carbocycles. The summed E-state index contributed by atoms with van der Waals surface area (Å²) in [5.74, 6) is 1.32. The Hall–Kier alpha value is -3.69. The van der Waals surface area contributed by atoms with Gasteiger partial charge in [0.05, 0.1) is 10.6 Å². The van der Waals surface area contributed by atoms with Gasteiger partial charge < -0.3 is 9.73 Å². The summed E-state index contributed by atoms with van der Waals surface area (Å²) in [7, 11) is 0. The smallest absolute Gasteiger partial charge is 0.277 e. The van der Waals surface area contributed by atoms with Crippen molar-refractivity contribution in [2.75, 3.05) is 5.32 Å². The number of hydrogen-bond donors (Lipinski definition) is 1. The van der Waals surface area contributed by atoms with Gasteiger partial charge in [0.25, 0.3) is 5.91 Å². The molecular weight excluding hydrogens is 454 g/mol. The molecule has 0 atom stereocenters. The van der Waals surface area contributed by atoms with Crippen LogP contribution < -0.4 is 5.32 Å². The molecule has 0 spiro atoms. The molecule has 164 valence electrons. The molecule has 0 aliphatic rings. The molecule has 5 aromatic rings. The molecule has 5 rings (SSSR count). The van der Waals surface area contributed by atoms with Crippen LogP contribution in [-0.4, -0.2) is 25.7 Å². The van der Waals surface area contributed by atoms with Crippen LogP contribution in [0.3, 0.4) is 0 Å². The number of carbonyl (C=O) groups excluding carboxylic acids is 1. The second-order valence-corrected chi connectivity index (χ2v) is 9.08. The summed E-state index contributed by atoms with van der Waals surface area (Å²) in [4.78, 5) is 17.9. The number of nitrogens with zero attached hydrogens (tertiary/aromatic N) is 4. The van der Waals surface area contributed by atoms with Gasteiger partial charge in [0.15, 0.2) is 16.7 Å². The van der Waals surface area contributed by atoms with Crippen LogP contribution in [0.15, 0.2) is 87.9 Å². The number of nitrogens with one attached hydrogen (secondary N) is 1. The molecule has 3 aromatic heterocycles. The second kappa shape index (κ2) is 9.43. The van der Waals surface area contributed by atoms with Crippen LogP contribution in [0.4, 0.5) is 5.69 Å². The molecule has 33 heavy (non-hydrogen) atoms. The summed E-state index contributed by atoms with van der Waals surface area (Å²) >= 11 is 3.06. The van der Waals surface area contributed by atoms with E-state index in [9.17, 15) is 4.79 Å². The van der Waals surface area contributed by atoms with E-state index in [0.29, 0.717) is 22.5 Å². The van der Waals surface area contributed by atoms with Gasteiger partial charge in [-0.3, -0.25) is 9.36 Å². The minimum Gasteiger partial charge on any atom is -0.447 e. The minimum absolute atomic E-state index is 0.231. The van der Waals surface area contributed by atoms with Gasteiger partial charge in [0.1, 0.15) is 6.26 Å². The highest BCUT2D eigenvalue weighted by Gasteiger charge is 2.18. The summed E-state index contributed by atoms with van der Waals surface area (Å²) in [6.07, 6.45) is 1.37. The van der Waals surface area contributed by atoms with E-state index in [2.05, 4.69) is 20.5 Å². The number of rotatable bonds is 7. The van der Waals surface area contributed by atoms with Crippen molar-refractivity contribution >= 4 is 34.7 Å². The quantitative estimate of drug-likeness (QED) is 0.299. The first-order chi connectivity index (χ1) is 16.2. The van der Waals surface area contributed by atoms with Crippen molar-refractivity contribution in [3.8, 4) is 16.4 Å². The monoisotopic (exact) mass is 473 g/mol. The van der Waals surface area contributed by atoms with Gasteiger partial charge in [0.2, 0.25) is 5.89 Å². The van der Waals surface area contributed by atoms with Gasteiger partial charge in [0, 0.05) is 11.4 Å². The maximum absolute atomic E-state index is 12.5. The van der Waals surface area contributed by atoms with E-state index in [1.54, 1.807) is 11.3 Å². The predicted molar refractivity (Wildman–Crippen MR) is 130 cm³/mol. The van der Waals surface area contributed by atoms with Crippen molar-refractivity contribution in [2.45, 2.75) is 17.8 Å². The molecule has 0 unspecified atom stereocenters. The maximum Gasteiger partial charge on any atom is 0.277 e. The van der Waals surface area contributed by atoms with Crippen LogP contribution in [0.2, 0.25) is 0 Å². The first-order valence-corrected chi connectivity index (χ1v) is 12.0. The van der Waals surface area contributed by atoms with Gasteiger partial charge in [-0.25, -0.2) is 4.98 Å². The third-order valence-electron chi connectivity index (χ3n) is 4.81. The molecule has 1 amide bonds. The number of benzene rings is 2. The van der Waals surface area contributed by atoms with Crippen molar-refractivity contribution in [1.29, 1.82) is 0 Å². The number of thiophene rings is 1. The SMILES string of the molecule is Cc1ccc(NC(=O)c2coc(CSc3nnc(-c4cccs4)n3-c3ccccc3)n2)cc1. The predicted octanol–water partition coefficient (Wildman–Crippen LogP) is 5.84. The fourth-order valence-corrected chi connectivity index (χ4v) is 4.68. The van der Waals surface area contributed by atoms with Crippen molar-refractivity contribution in [3.63, 3.8) is 0 Å². The lowest BCUT2D eigenvalue weighted by Gasteiger charge is -2.08. The molecule has 3 heterocycles. The van der Waals surface area contributed by atoms with Crippen molar-refractivity contribution in [3.05, 3.63) is 95.5 Å². The highest BCUT2D eigenvalue weighted by Crippen LogP contribution is 2.31. The maximum atomic E-state index is 12.5. The zero-order valence-electron chi connectivity index (χ0n) is 17.6. The largest absolute Gasteiger partial charge is 0.447 e. The Kier molecular flexibility index (Phi) is 6.05. The first kappa shape index (κ1) is 21.2. The average molecular weight is 474 g/mol. The number of carbonyl (C=O) groups is 1. The summed E-state index contributed by atoms with van der Waals surface area (Å²) < 4.78 is 7.56. The van der Waals surface area contributed by atoms with Crippen molar-refractivity contribution in [2.24, 2.45) is 0 Å². The average Bonchev–Trinajstić information content (AvgIpc) is 3.60. The fourth-order valence-electron chi connectivity index (χ4n) is 3.18. The first-order valence-electron chi connectivity index (χ1n) is 10.2. The third-order valence-corrected chi connectivity index (χ3v) is 6.59. The Morgan fingerprint density at radius 1 is 1.06 bits per heavy atom. The van der Waals surface area contributed by atoms with Crippen LogP contribution >= 0.6 is 23.1 Å². The van der Waals surface area contributed by atoms with Gasteiger partial charge in [-0.1, -0.05) is 53.7 Å². The van der Waals surface area contributed by atoms with E-state index in [0.717, 1.165) is 22.0 Å². The zero-order chi connectivity index (χ0) is 22.6. The zero-order valence-corrected chi connectivity index (χ0v) is 19.3. The lowest BCUT2D eigenvalue weighted by Crippen LogP contribution is -2.12. The molecule has 0 saturated carbocycles. The van der Waals surface area contributed by atoms with Crippen LogP contribution in [0, 0.1) is 6.92 Å². The molecule has 0 aliphatic heterocycles. The summed E-state index contributed by atoms with van der Waals surface area (Å²) in [6, 6.07) is 21.6. The molecule has 0 radical (unpaired) electrons. The molecule has 0 aliphatic carbocycles. The molecule has 9 heteroatoms. The van der Waals surface area contributed by atoms with Crippen LogP contribution in [0.1, 0.15) is 21.9 Å². The van der Waals surface area contributed by atoms with E-state index in [-0.39, 0.29) is 11.6 Å². The number of thioether (sulfide) groups is 1. The van der Waals surface area contributed by atoms with E-state index in [1.807, 2.05) is 83.6 Å². The van der Waals surface area contributed by atoms with Gasteiger partial charge in [-0.15, -0.1) is 21.5 Å². The summed E-state index contributed by atoms with van der Waals surface area (Å²) in [5.41, 5.74) is 3.04. The molecular formula is C24H19N5O2S2. The Morgan fingerprint density at radius 2 is 1.88 bits per heavy atom. The number of oxazole rings is 1. The Bertz CT molecular complexity index is 1360. The number of anilines is 1. The van der Waals surface area contributed by atoms with E-state index >= 15 is 0 Å². The Balaban J connectivity index is 1.33. The number of aryl methyl sites for hydroxylation is 1. The van der Waals surface area contributed by atoms with Gasteiger partial charge in [-0.05, 0) is 42.6 Å². The summed E-state index contributed by atoms with van der Waals surface area (Å²) in [6.45, 7) is 2.00. The minimum atomic E-state index is -0.314.